The molecule has 1 unspecified atom stereocenters. The van der Waals surface area contributed by atoms with Crippen LogP contribution in [-0.4, -0.2) is 55.0 Å². The largest absolute Gasteiger partial charge is 0.375 e. The van der Waals surface area contributed by atoms with Crippen LogP contribution in [0.3, 0.4) is 0 Å². The van der Waals surface area contributed by atoms with Gasteiger partial charge in [-0.15, -0.1) is 0 Å². The van der Waals surface area contributed by atoms with Crippen LogP contribution in [0.1, 0.15) is 17.3 Å². The Morgan fingerprint density at radius 3 is 2.72 bits per heavy atom. The minimum atomic E-state index is -3.97. The van der Waals surface area contributed by atoms with Gasteiger partial charge >= 0.3 is 5.69 Å². The van der Waals surface area contributed by atoms with Crippen molar-refractivity contribution in [1.29, 1.82) is 0 Å². The number of nitrogens with one attached hydrogen (secondary N) is 3. The molecule has 1 amide bonds. The van der Waals surface area contributed by atoms with Gasteiger partial charge in [0.2, 0.25) is 0 Å². The van der Waals surface area contributed by atoms with Crippen molar-refractivity contribution in [3.63, 3.8) is 0 Å². The molecule has 1 atom stereocenters. The number of ether oxygens (including phenoxy) is 1. The summed E-state index contributed by atoms with van der Waals surface area (Å²) in [5.74, 6) is -0.260. The van der Waals surface area contributed by atoms with Crippen molar-refractivity contribution in [3.8, 4) is 0 Å². The number of hydrogen-bond acceptors (Lipinski definition) is 5. The average molecular weight is 416 g/mol. The maximum Gasteiger partial charge on any atom is 0.323 e. The highest BCUT2D eigenvalue weighted by atomic mass is 32.2. The Morgan fingerprint density at radius 2 is 1.93 bits per heavy atom. The second-order valence-corrected chi connectivity index (χ2v) is 8.55. The first-order valence-electron chi connectivity index (χ1n) is 9.08. The number of amides is 1. The van der Waals surface area contributed by atoms with Crippen molar-refractivity contribution in [1.82, 2.24) is 14.9 Å². The number of imidazole rings is 1. The number of carbonyl (C=O) groups is 1. The molecule has 1 aliphatic heterocycles. The van der Waals surface area contributed by atoms with Gasteiger partial charge in [-0.2, -0.15) is 0 Å². The zero-order chi connectivity index (χ0) is 20.6. The smallest absolute Gasteiger partial charge is 0.323 e. The number of fused-ring (bicyclic) bond motifs is 1. The first-order valence-corrected chi connectivity index (χ1v) is 10.6. The normalized spacial score (nSPS) is 17.4. The maximum absolute atomic E-state index is 13.0. The Kier molecular flexibility index (Phi) is 4.89. The zero-order valence-electron chi connectivity index (χ0n) is 15.6. The topological polar surface area (TPSA) is 124 Å². The number of rotatable bonds is 4. The zero-order valence-corrected chi connectivity index (χ0v) is 16.5. The second kappa shape index (κ2) is 7.37. The number of morpholine rings is 1. The maximum atomic E-state index is 13.0. The lowest BCUT2D eigenvalue weighted by Gasteiger charge is -2.31. The van der Waals surface area contributed by atoms with Crippen LogP contribution in [0.2, 0.25) is 0 Å². The molecule has 1 fully saturated rings. The van der Waals surface area contributed by atoms with E-state index < -0.39 is 15.7 Å². The van der Waals surface area contributed by atoms with E-state index in [1.165, 1.54) is 18.2 Å². The summed E-state index contributed by atoms with van der Waals surface area (Å²) >= 11 is 0. The molecule has 10 heteroatoms. The van der Waals surface area contributed by atoms with E-state index in [1.807, 2.05) is 6.92 Å². The molecule has 9 nitrogen and oxygen atoms in total. The Labute approximate surface area is 166 Å². The van der Waals surface area contributed by atoms with Gasteiger partial charge in [0.25, 0.3) is 15.9 Å². The van der Waals surface area contributed by atoms with E-state index in [0.29, 0.717) is 30.7 Å². The van der Waals surface area contributed by atoms with Crippen LogP contribution in [0.25, 0.3) is 11.0 Å². The Balaban J connectivity index is 1.64. The lowest BCUT2D eigenvalue weighted by atomic mass is 10.1. The molecule has 3 aromatic rings. The number of hydrogen-bond donors (Lipinski definition) is 3. The molecule has 0 spiro atoms. The Morgan fingerprint density at radius 1 is 1.17 bits per heavy atom. The summed E-state index contributed by atoms with van der Waals surface area (Å²) in [7, 11) is -3.97. The fraction of sp³-hybridized carbons (Fsp3) is 0.263. The minimum absolute atomic E-state index is 0.0255. The molecule has 4 rings (SSSR count). The molecular formula is C19H20N4O5S. The van der Waals surface area contributed by atoms with Gasteiger partial charge < -0.3 is 19.6 Å². The highest BCUT2D eigenvalue weighted by molar-refractivity contribution is 7.92. The standard InChI is InChI=1S/C19H20N4O5S/c1-12-11-23(8-9-28-12)18(24)14-4-2-3-5-15(14)22-29(26,27)13-6-7-16-17(10-13)21-19(25)20-16/h2-7,10,12,22H,8-9,11H2,1H3,(H2,20,21,25). The summed E-state index contributed by atoms with van der Waals surface area (Å²) in [6.45, 7) is 3.21. The summed E-state index contributed by atoms with van der Waals surface area (Å²) in [5.41, 5.74) is 0.925. The van der Waals surface area contributed by atoms with E-state index in [4.69, 9.17) is 4.74 Å². The number of carbonyl (C=O) groups excluding carboxylic acids is 1. The van der Waals surface area contributed by atoms with Gasteiger partial charge in [-0.05, 0) is 37.3 Å². The Bertz CT molecular complexity index is 1230. The molecule has 0 saturated carbocycles. The van der Waals surface area contributed by atoms with Crippen LogP contribution in [-0.2, 0) is 14.8 Å². The molecule has 0 bridgehead atoms. The van der Waals surface area contributed by atoms with Crippen molar-refractivity contribution < 1.29 is 17.9 Å². The summed E-state index contributed by atoms with van der Waals surface area (Å²) in [5, 5.41) is 0. The average Bonchev–Trinajstić information content (AvgIpc) is 3.07. The van der Waals surface area contributed by atoms with Gasteiger partial charge in [0.1, 0.15) is 0 Å². The van der Waals surface area contributed by atoms with Crippen LogP contribution in [0, 0.1) is 0 Å². The SMILES string of the molecule is CC1CN(C(=O)c2ccccc2NS(=O)(=O)c2ccc3[nH]c(=O)[nH]c3c2)CCO1. The number of aromatic amines is 2. The first-order chi connectivity index (χ1) is 13.8. The lowest BCUT2D eigenvalue weighted by Crippen LogP contribution is -2.44. The summed E-state index contributed by atoms with van der Waals surface area (Å²) in [6, 6.07) is 10.7. The van der Waals surface area contributed by atoms with Crippen LogP contribution < -0.4 is 10.4 Å². The van der Waals surface area contributed by atoms with E-state index in [2.05, 4.69) is 14.7 Å². The molecule has 1 aromatic heterocycles. The van der Waals surface area contributed by atoms with E-state index in [0.717, 1.165) is 0 Å². The third-order valence-electron chi connectivity index (χ3n) is 4.73. The summed E-state index contributed by atoms with van der Waals surface area (Å²) < 4.78 is 33.8. The summed E-state index contributed by atoms with van der Waals surface area (Å²) in [4.78, 5) is 31.1. The molecule has 1 saturated heterocycles. The predicted molar refractivity (Wildman–Crippen MR) is 107 cm³/mol. The monoisotopic (exact) mass is 416 g/mol. The van der Waals surface area contributed by atoms with E-state index in [9.17, 15) is 18.0 Å². The third kappa shape index (κ3) is 3.89. The van der Waals surface area contributed by atoms with Gasteiger partial charge in [0.05, 0.1) is 39.9 Å². The van der Waals surface area contributed by atoms with Crippen LogP contribution >= 0.6 is 0 Å². The predicted octanol–water partition coefficient (Wildman–Crippen LogP) is 1.52. The Hall–Kier alpha value is -3.11. The molecule has 152 valence electrons. The van der Waals surface area contributed by atoms with Gasteiger partial charge in [-0.25, -0.2) is 13.2 Å². The highest BCUT2D eigenvalue weighted by Crippen LogP contribution is 2.23. The van der Waals surface area contributed by atoms with Gasteiger partial charge in [0.15, 0.2) is 0 Å². The molecule has 1 aliphatic rings. The lowest BCUT2D eigenvalue weighted by molar-refractivity contribution is -0.0123. The third-order valence-corrected chi connectivity index (χ3v) is 6.09. The fourth-order valence-corrected chi connectivity index (χ4v) is 4.42. The van der Waals surface area contributed by atoms with Crippen molar-refractivity contribution in [2.75, 3.05) is 24.4 Å². The summed E-state index contributed by atoms with van der Waals surface area (Å²) in [6.07, 6.45) is -0.0770. The number of H-pyrrole nitrogens is 2. The molecule has 2 aromatic carbocycles. The fourth-order valence-electron chi connectivity index (χ4n) is 3.31. The number of nitrogens with zero attached hydrogens (tertiary/aromatic N) is 1. The number of para-hydroxylation sites is 1. The second-order valence-electron chi connectivity index (χ2n) is 6.87. The number of aromatic nitrogens is 2. The van der Waals surface area contributed by atoms with Crippen molar-refractivity contribution in [3.05, 3.63) is 58.5 Å². The molecule has 3 N–H and O–H groups in total. The minimum Gasteiger partial charge on any atom is -0.375 e. The van der Waals surface area contributed by atoms with Gasteiger partial charge in [0, 0.05) is 13.1 Å². The van der Waals surface area contributed by atoms with E-state index >= 15 is 0 Å². The van der Waals surface area contributed by atoms with Gasteiger partial charge in [-0.1, -0.05) is 12.1 Å². The number of sulfonamides is 1. The van der Waals surface area contributed by atoms with E-state index in [-0.39, 0.29) is 28.2 Å². The molecule has 0 aliphatic carbocycles. The molecular weight excluding hydrogens is 396 g/mol. The van der Waals surface area contributed by atoms with Crippen molar-refractivity contribution in [2.45, 2.75) is 17.9 Å². The molecule has 0 radical (unpaired) electrons. The number of anilines is 1. The van der Waals surface area contributed by atoms with Crippen molar-refractivity contribution >= 4 is 32.7 Å². The van der Waals surface area contributed by atoms with Crippen LogP contribution in [0.4, 0.5) is 5.69 Å². The quantitative estimate of drug-likeness (QED) is 0.595. The molecule has 2 heterocycles. The highest BCUT2D eigenvalue weighted by Gasteiger charge is 2.25. The number of benzene rings is 2. The molecule has 29 heavy (non-hydrogen) atoms. The van der Waals surface area contributed by atoms with Gasteiger partial charge in [-0.3, -0.25) is 9.52 Å². The van der Waals surface area contributed by atoms with Crippen LogP contribution in [0.5, 0.6) is 0 Å². The van der Waals surface area contributed by atoms with Crippen molar-refractivity contribution in [2.24, 2.45) is 0 Å². The first kappa shape index (κ1) is 19.2. The van der Waals surface area contributed by atoms with E-state index in [1.54, 1.807) is 29.2 Å². The van der Waals surface area contributed by atoms with Crippen LogP contribution in [0.15, 0.2) is 52.2 Å².